The van der Waals surface area contributed by atoms with E-state index in [0.29, 0.717) is 5.69 Å². The van der Waals surface area contributed by atoms with Crippen LogP contribution in [0.1, 0.15) is 5.56 Å². The maximum Gasteiger partial charge on any atom is 0.257 e. The normalized spacial score (nSPS) is 10.2. The van der Waals surface area contributed by atoms with Crippen molar-refractivity contribution in [2.24, 2.45) is 0 Å². The van der Waals surface area contributed by atoms with Gasteiger partial charge in [-0.05, 0) is 30.7 Å². The van der Waals surface area contributed by atoms with Crippen molar-refractivity contribution in [3.8, 4) is 5.69 Å². The van der Waals surface area contributed by atoms with Crippen molar-refractivity contribution in [2.75, 3.05) is 5.73 Å². The van der Waals surface area contributed by atoms with Crippen LogP contribution in [0.2, 0.25) is 0 Å². The number of aryl methyl sites for hydroxylation is 1. The van der Waals surface area contributed by atoms with Gasteiger partial charge in [-0.2, -0.15) is 0 Å². The molecule has 0 unspecified atom stereocenters. The lowest BCUT2D eigenvalue weighted by Gasteiger charge is -2.06. The van der Waals surface area contributed by atoms with Gasteiger partial charge in [0.05, 0.1) is 0 Å². The minimum absolute atomic E-state index is 0.111. The van der Waals surface area contributed by atoms with E-state index < -0.39 is 0 Å². The lowest BCUT2D eigenvalue weighted by molar-refractivity contribution is 0.990. The summed E-state index contributed by atoms with van der Waals surface area (Å²) >= 11 is 0. The van der Waals surface area contributed by atoms with E-state index in [9.17, 15) is 4.79 Å². The van der Waals surface area contributed by atoms with E-state index in [1.54, 1.807) is 16.8 Å². The van der Waals surface area contributed by atoms with Crippen LogP contribution in [0.5, 0.6) is 0 Å². The van der Waals surface area contributed by atoms with Gasteiger partial charge in [0.2, 0.25) is 0 Å². The van der Waals surface area contributed by atoms with Gasteiger partial charge >= 0.3 is 0 Å². The van der Waals surface area contributed by atoms with E-state index in [1.807, 2.05) is 31.2 Å². The quantitative estimate of drug-likeness (QED) is 0.762. The maximum atomic E-state index is 11.6. The molecule has 3 nitrogen and oxygen atoms in total. The number of hydrogen-bond acceptors (Lipinski definition) is 2. The van der Waals surface area contributed by atoms with E-state index >= 15 is 0 Å². The molecule has 0 bridgehead atoms. The number of anilines is 1. The molecule has 1 aromatic carbocycles. The first kappa shape index (κ1) is 9.52. The molecule has 0 saturated heterocycles. The molecule has 0 amide bonds. The summed E-state index contributed by atoms with van der Waals surface area (Å²) in [6.07, 6.45) is 1.69. The molecule has 0 atom stereocenters. The molecule has 3 heteroatoms. The van der Waals surface area contributed by atoms with Gasteiger partial charge in [0.1, 0.15) is 0 Å². The number of nitrogens with zero attached hydrogens (tertiary/aromatic N) is 1. The third kappa shape index (κ3) is 1.91. The first-order valence-corrected chi connectivity index (χ1v) is 4.72. The highest BCUT2D eigenvalue weighted by Crippen LogP contribution is 2.08. The van der Waals surface area contributed by atoms with E-state index in [1.165, 1.54) is 6.07 Å². The van der Waals surface area contributed by atoms with Crippen LogP contribution in [-0.2, 0) is 0 Å². The molecular weight excluding hydrogens is 188 g/mol. The van der Waals surface area contributed by atoms with Crippen molar-refractivity contribution in [1.82, 2.24) is 4.57 Å². The summed E-state index contributed by atoms with van der Waals surface area (Å²) in [7, 11) is 0. The van der Waals surface area contributed by atoms with Gasteiger partial charge in [-0.25, -0.2) is 0 Å². The predicted molar refractivity (Wildman–Crippen MR) is 61.2 cm³/mol. The number of nitrogen functional groups attached to an aromatic ring is 1. The second kappa shape index (κ2) is 3.61. The first-order valence-electron chi connectivity index (χ1n) is 4.72. The fourth-order valence-electron chi connectivity index (χ4n) is 1.49. The molecule has 1 aromatic heterocycles. The van der Waals surface area contributed by atoms with Crippen molar-refractivity contribution in [1.29, 1.82) is 0 Å². The zero-order valence-corrected chi connectivity index (χ0v) is 8.47. The molecular formula is C12H12N2O. The Morgan fingerprint density at radius 3 is 2.67 bits per heavy atom. The van der Waals surface area contributed by atoms with Gasteiger partial charge < -0.3 is 5.73 Å². The monoisotopic (exact) mass is 200 g/mol. The van der Waals surface area contributed by atoms with Gasteiger partial charge in [-0.3, -0.25) is 9.36 Å². The molecule has 2 rings (SSSR count). The number of aromatic nitrogens is 1. The second-order valence-corrected chi connectivity index (χ2v) is 3.51. The maximum absolute atomic E-state index is 11.6. The van der Waals surface area contributed by atoms with E-state index in [2.05, 4.69) is 0 Å². The van der Waals surface area contributed by atoms with Gasteiger partial charge in [-0.15, -0.1) is 0 Å². The van der Waals surface area contributed by atoms with Crippen molar-refractivity contribution >= 4 is 5.69 Å². The minimum atomic E-state index is -0.111. The molecule has 2 aromatic rings. The molecule has 15 heavy (non-hydrogen) atoms. The van der Waals surface area contributed by atoms with Crippen molar-refractivity contribution in [3.63, 3.8) is 0 Å². The Morgan fingerprint density at radius 1 is 1.20 bits per heavy atom. The SMILES string of the molecule is Cc1cccc(-n2ccc(N)cc2=O)c1. The summed E-state index contributed by atoms with van der Waals surface area (Å²) in [4.78, 5) is 11.6. The van der Waals surface area contributed by atoms with Crippen LogP contribution in [0.3, 0.4) is 0 Å². The number of benzene rings is 1. The van der Waals surface area contributed by atoms with Crippen LogP contribution in [0.4, 0.5) is 5.69 Å². The van der Waals surface area contributed by atoms with Crippen LogP contribution in [0.15, 0.2) is 47.4 Å². The Morgan fingerprint density at radius 2 is 2.00 bits per heavy atom. The second-order valence-electron chi connectivity index (χ2n) is 3.51. The smallest absolute Gasteiger partial charge is 0.257 e. The number of nitrogens with two attached hydrogens (primary N) is 1. The Kier molecular flexibility index (Phi) is 2.29. The fraction of sp³-hybridized carbons (Fsp3) is 0.0833. The molecule has 0 fully saturated rings. The zero-order chi connectivity index (χ0) is 10.8. The Balaban J connectivity index is 2.59. The fourth-order valence-corrected chi connectivity index (χ4v) is 1.49. The molecule has 0 aliphatic carbocycles. The largest absolute Gasteiger partial charge is 0.399 e. The summed E-state index contributed by atoms with van der Waals surface area (Å²) < 4.78 is 1.57. The average Bonchev–Trinajstić information content (AvgIpc) is 2.17. The van der Waals surface area contributed by atoms with Crippen LogP contribution >= 0.6 is 0 Å². The Hall–Kier alpha value is -2.03. The summed E-state index contributed by atoms with van der Waals surface area (Å²) in [5.74, 6) is 0. The summed E-state index contributed by atoms with van der Waals surface area (Å²) in [6.45, 7) is 1.99. The zero-order valence-electron chi connectivity index (χ0n) is 8.47. The molecule has 1 heterocycles. The van der Waals surface area contributed by atoms with Gasteiger partial charge in [0, 0.05) is 23.6 Å². The van der Waals surface area contributed by atoms with Gasteiger partial charge in [0.15, 0.2) is 0 Å². The molecule has 0 saturated carbocycles. The van der Waals surface area contributed by atoms with E-state index in [4.69, 9.17) is 5.73 Å². The molecule has 0 spiro atoms. The highest BCUT2D eigenvalue weighted by molar-refractivity contribution is 5.40. The van der Waals surface area contributed by atoms with Crippen LogP contribution in [-0.4, -0.2) is 4.57 Å². The van der Waals surface area contributed by atoms with Crippen LogP contribution in [0.25, 0.3) is 5.69 Å². The average molecular weight is 200 g/mol. The topological polar surface area (TPSA) is 48.0 Å². The Labute approximate surface area is 87.8 Å². The van der Waals surface area contributed by atoms with Crippen molar-refractivity contribution < 1.29 is 0 Å². The first-order chi connectivity index (χ1) is 7.16. The van der Waals surface area contributed by atoms with E-state index in [0.717, 1.165) is 11.3 Å². The number of hydrogen-bond donors (Lipinski definition) is 1. The summed E-state index contributed by atoms with van der Waals surface area (Å²) in [6, 6.07) is 10.9. The molecule has 2 N–H and O–H groups in total. The summed E-state index contributed by atoms with van der Waals surface area (Å²) in [5, 5.41) is 0. The summed E-state index contributed by atoms with van der Waals surface area (Å²) in [5.41, 5.74) is 7.88. The standard InChI is InChI=1S/C12H12N2O/c1-9-3-2-4-11(7-9)14-6-5-10(13)8-12(14)15/h2-8H,13H2,1H3. The highest BCUT2D eigenvalue weighted by atomic mass is 16.1. The van der Waals surface area contributed by atoms with Crippen LogP contribution < -0.4 is 11.3 Å². The third-order valence-electron chi connectivity index (χ3n) is 2.22. The minimum Gasteiger partial charge on any atom is -0.399 e. The lowest BCUT2D eigenvalue weighted by Crippen LogP contribution is -2.16. The lowest BCUT2D eigenvalue weighted by atomic mass is 10.2. The molecule has 0 aliphatic rings. The Bertz CT molecular complexity index is 543. The number of rotatable bonds is 1. The van der Waals surface area contributed by atoms with Crippen molar-refractivity contribution in [2.45, 2.75) is 6.92 Å². The molecule has 0 aliphatic heterocycles. The van der Waals surface area contributed by atoms with E-state index in [-0.39, 0.29) is 5.56 Å². The van der Waals surface area contributed by atoms with Crippen molar-refractivity contribution in [3.05, 3.63) is 58.5 Å². The predicted octanol–water partition coefficient (Wildman–Crippen LogP) is 1.73. The molecule has 0 radical (unpaired) electrons. The van der Waals surface area contributed by atoms with Crippen LogP contribution in [0, 0.1) is 6.92 Å². The highest BCUT2D eigenvalue weighted by Gasteiger charge is 1.99. The van der Waals surface area contributed by atoms with Gasteiger partial charge in [-0.1, -0.05) is 12.1 Å². The third-order valence-corrected chi connectivity index (χ3v) is 2.22. The number of pyridine rings is 1. The molecule has 76 valence electrons. The van der Waals surface area contributed by atoms with Gasteiger partial charge in [0.25, 0.3) is 5.56 Å².